The van der Waals surface area contributed by atoms with Gasteiger partial charge in [0.2, 0.25) is 0 Å². The normalized spacial score (nSPS) is 23.2. The number of sulfone groups is 1. The van der Waals surface area contributed by atoms with Gasteiger partial charge in [0.05, 0.1) is 17.1 Å². The van der Waals surface area contributed by atoms with E-state index in [0.29, 0.717) is 19.3 Å². The molecule has 2 aliphatic rings. The highest BCUT2D eigenvalue weighted by molar-refractivity contribution is 7.92. The van der Waals surface area contributed by atoms with Crippen molar-refractivity contribution in [1.29, 1.82) is 0 Å². The van der Waals surface area contributed by atoms with Gasteiger partial charge in [0, 0.05) is 6.32 Å². The number of hydrogen-bond acceptors (Lipinski definition) is 5. The van der Waals surface area contributed by atoms with Gasteiger partial charge < -0.3 is 14.8 Å². The van der Waals surface area contributed by atoms with Crippen molar-refractivity contribution in [3.05, 3.63) is 76.9 Å². The lowest BCUT2D eigenvalue weighted by molar-refractivity contribution is 0.171. The van der Waals surface area contributed by atoms with Crippen molar-refractivity contribution in [3.8, 4) is 5.75 Å². The van der Waals surface area contributed by atoms with Crippen LogP contribution in [0, 0.1) is 0 Å². The van der Waals surface area contributed by atoms with Crippen LogP contribution in [0.5, 0.6) is 5.75 Å². The van der Waals surface area contributed by atoms with E-state index in [9.17, 15) is 18.5 Å². The number of benzene rings is 2. The first-order valence-corrected chi connectivity index (χ1v) is 12.4. The molecule has 1 saturated heterocycles. The maximum atomic E-state index is 12.6. The van der Waals surface area contributed by atoms with Crippen molar-refractivity contribution < 1.29 is 23.2 Å². The van der Waals surface area contributed by atoms with E-state index >= 15 is 0 Å². The molecule has 4 rings (SSSR count). The van der Waals surface area contributed by atoms with Crippen molar-refractivity contribution in [3.63, 3.8) is 0 Å². The fraction of sp³-hybridized carbons (Fsp3) is 0.333. The Morgan fingerprint density at radius 1 is 1.19 bits per heavy atom. The van der Waals surface area contributed by atoms with Gasteiger partial charge in [0.1, 0.15) is 5.75 Å². The number of phenols is 1. The van der Waals surface area contributed by atoms with Gasteiger partial charge in [-0.1, -0.05) is 61.0 Å². The second-order valence-corrected chi connectivity index (χ2v) is 10.4. The number of fused-ring (bicyclic) bond motifs is 1. The predicted octanol–water partition coefficient (Wildman–Crippen LogP) is 4.10. The molecule has 2 atom stereocenters. The van der Waals surface area contributed by atoms with E-state index in [-0.39, 0.29) is 17.8 Å². The van der Waals surface area contributed by atoms with Crippen LogP contribution >= 0.6 is 0 Å². The van der Waals surface area contributed by atoms with E-state index in [1.54, 1.807) is 18.2 Å². The average molecular weight is 438 g/mol. The minimum atomic E-state index is -3.27. The number of allylic oxidation sites excluding steroid dienone is 1. The second-order valence-electron chi connectivity index (χ2n) is 8.19. The predicted molar refractivity (Wildman–Crippen MR) is 124 cm³/mol. The topological polar surface area (TPSA) is 83.8 Å². The zero-order valence-electron chi connectivity index (χ0n) is 17.6. The molecule has 1 fully saturated rings. The molecule has 0 aliphatic carbocycles. The number of rotatable bonds is 6. The van der Waals surface area contributed by atoms with Crippen LogP contribution in [0.2, 0.25) is 6.32 Å². The van der Waals surface area contributed by atoms with Crippen LogP contribution in [-0.2, 0) is 14.5 Å². The van der Waals surface area contributed by atoms with Crippen LogP contribution < -0.4 is 0 Å². The molecule has 0 radical (unpaired) electrons. The Kier molecular flexibility index (Phi) is 6.37. The molecule has 0 saturated carbocycles. The Hall–Kier alpha value is -2.35. The van der Waals surface area contributed by atoms with Gasteiger partial charge in [-0.05, 0) is 53.7 Å². The first-order chi connectivity index (χ1) is 14.9. The standard InChI is InChI=1S/C24H27BO5S/c1-2-18-16-31(28,29)23-15-25(27)30-22(24(18)23)12-11-20(19-8-4-3-5-9-19)13-17-7-6-10-21(26)14-17/h3-10,13-14,22-23,26-27H,2,11-12,15-16H2,1H3/b20-13-/t22-,23+/m1/s1. The summed E-state index contributed by atoms with van der Waals surface area (Å²) in [6.45, 7) is 1.97. The first-order valence-electron chi connectivity index (χ1n) is 10.7. The molecule has 0 bridgehead atoms. The van der Waals surface area contributed by atoms with E-state index in [0.717, 1.165) is 27.8 Å². The van der Waals surface area contributed by atoms with Gasteiger partial charge in [0.25, 0.3) is 0 Å². The van der Waals surface area contributed by atoms with Gasteiger partial charge in [0.15, 0.2) is 9.84 Å². The molecule has 2 heterocycles. The van der Waals surface area contributed by atoms with E-state index in [2.05, 4.69) is 0 Å². The summed E-state index contributed by atoms with van der Waals surface area (Å²) in [5.74, 6) is 0.275. The maximum absolute atomic E-state index is 12.6. The molecule has 162 valence electrons. The molecule has 0 amide bonds. The molecular weight excluding hydrogens is 411 g/mol. The lowest BCUT2D eigenvalue weighted by Crippen LogP contribution is -2.41. The SMILES string of the molecule is CCC1=C2[C@@H](CC/C(=C/c3cccc(O)c3)c3ccccc3)OB(O)C[C@@H]2S(=O)(=O)C1. The molecular formula is C24H27BO5S. The molecule has 5 nitrogen and oxygen atoms in total. The Bertz CT molecular complexity index is 1110. The van der Waals surface area contributed by atoms with Crippen LogP contribution in [0.3, 0.4) is 0 Å². The average Bonchev–Trinajstić information content (AvgIpc) is 3.01. The van der Waals surface area contributed by atoms with Crippen molar-refractivity contribution in [2.75, 3.05) is 5.75 Å². The van der Waals surface area contributed by atoms with Crippen molar-refractivity contribution in [1.82, 2.24) is 0 Å². The summed E-state index contributed by atoms with van der Waals surface area (Å²) >= 11 is 0. The summed E-state index contributed by atoms with van der Waals surface area (Å²) in [6, 6.07) is 17.1. The zero-order chi connectivity index (χ0) is 22.0. The first kappa shape index (κ1) is 21.9. The van der Waals surface area contributed by atoms with Crippen LogP contribution in [0.25, 0.3) is 11.6 Å². The minimum Gasteiger partial charge on any atom is -0.508 e. The Morgan fingerprint density at radius 3 is 2.68 bits per heavy atom. The Morgan fingerprint density at radius 2 is 1.97 bits per heavy atom. The third kappa shape index (κ3) is 4.79. The number of phenolic OH excluding ortho intramolecular Hbond substituents is 1. The van der Waals surface area contributed by atoms with E-state index in [4.69, 9.17) is 4.65 Å². The van der Waals surface area contributed by atoms with E-state index < -0.39 is 28.3 Å². The van der Waals surface area contributed by atoms with Gasteiger partial charge in [-0.15, -0.1) is 0 Å². The van der Waals surface area contributed by atoms with Gasteiger partial charge in [-0.25, -0.2) is 8.42 Å². The summed E-state index contributed by atoms with van der Waals surface area (Å²) in [4.78, 5) is 0. The number of aromatic hydroxyl groups is 1. The van der Waals surface area contributed by atoms with Crippen LogP contribution in [0.4, 0.5) is 0 Å². The lowest BCUT2D eigenvalue weighted by Gasteiger charge is -2.32. The minimum absolute atomic E-state index is 0.0702. The van der Waals surface area contributed by atoms with Gasteiger partial charge >= 0.3 is 7.12 Å². The Labute approximate surface area is 184 Å². The lowest BCUT2D eigenvalue weighted by atomic mass is 9.74. The highest BCUT2D eigenvalue weighted by Gasteiger charge is 2.47. The molecule has 2 N–H and O–H groups in total. The maximum Gasteiger partial charge on any atom is 0.456 e. The van der Waals surface area contributed by atoms with Gasteiger partial charge in [-0.2, -0.15) is 0 Å². The highest BCUT2D eigenvalue weighted by Crippen LogP contribution is 2.41. The van der Waals surface area contributed by atoms with Crippen LogP contribution in [0.1, 0.15) is 37.3 Å². The zero-order valence-corrected chi connectivity index (χ0v) is 18.4. The Balaban J connectivity index is 1.63. The van der Waals surface area contributed by atoms with Crippen molar-refractivity contribution in [2.45, 2.75) is 43.9 Å². The third-order valence-corrected chi connectivity index (χ3v) is 8.17. The molecule has 2 aromatic carbocycles. The summed E-state index contributed by atoms with van der Waals surface area (Å²) in [5.41, 5.74) is 4.80. The summed E-state index contributed by atoms with van der Waals surface area (Å²) in [5, 5.41) is 19.4. The van der Waals surface area contributed by atoms with Crippen LogP contribution in [-0.4, -0.2) is 42.8 Å². The number of hydrogen-bond donors (Lipinski definition) is 2. The van der Waals surface area contributed by atoms with Crippen molar-refractivity contribution >= 4 is 28.6 Å². The largest absolute Gasteiger partial charge is 0.508 e. The monoisotopic (exact) mass is 438 g/mol. The third-order valence-electron chi connectivity index (χ3n) is 6.11. The fourth-order valence-corrected chi connectivity index (χ4v) is 6.86. The molecule has 2 aliphatic heterocycles. The van der Waals surface area contributed by atoms with E-state index in [1.807, 2.05) is 49.4 Å². The molecule has 0 aromatic heterocycles. The van der Waals surface area contributed by atoms with Gasteiger partial charge in [-0.3, -0.25) is 0 Å². The summed E-state index contributed by atoms with van der Waals surface area (Å²) < 4.78 is 31.1. The molecule has 31 heavy (non-hydrogen) atoms. The highest BCUT2D eigenvalue weighted by atomic mass is 32.2. The van der Waals surface area contributed by atoms with Crippen molar-refractivity contribution in [2.24, 2.45) is 0 Å². The fourth-order valence-electron chi connectivity index (χ4n) is 4.64. The quantitative estimate of drug-likeness (QED) is 0.403. The smallest absolute Gasteiger partial charge is 0.456 e. The molecule has 2 aromatic rings. The molecule has 0 spiro atoms. The second kappa shape index (κ2) is 9.03. The molecule has 7 heteroatoms. The van der Waals surface area contributed by atoms with Crippen LogP contribution in [0.15, 0.2) is 65.7 Å². The summed E-state index contributed by atoms with van der Waals surface area (Å²) in [7, 11) is -4.34. The summed E-state index contributed by atoms with van der Waals surface area (Å²) in [6.07, 6.45) is 3.61. The van der Waals surface area contributed by atoms with E-state index in [1.165, 1.54) is 0 Å². The molecule has 0 unspecified atom stereocenters.